The molecule has 1 amide bonds. The predicted molar refractivity (Wildman–Crippen MR) is 108 cm³/mol. The molecule has 28 heavy (non-hydrogen) atoms. The van der Waals surface area contributed by atoms with Crippen molar-refractivity contribution in [3.05, 3.63) is 53.6 Å². The van der Waals surface area contributed by atoms with Gasteiger partial charge in [0.25, 0.3) is 15.9 Å². The second kappa shape index (κ2) is 8.24. The first-order chi connectivity index (χ1) is 13.3. The van der Waals surface area contributed by atoms with E-state index in [1.807, 2.05) is 6.26 Å². The zero-order valence-corrected chi connectivity index (χ0v) is 16.8. The van der Waals surface area contributed by atoms with E-state index in [1.54, 1.807) is 11.0 Å². The highest BCUT2D eigenvalue weighted by molar-refractivity contribution is 7.98. The number of anilines is 1. The Labute approximate surface area is 167 Å². The number of carboxylic acids is 1. The van der Waals surface area contributed by atoms with Crippen molar-refractivity contribution in [2.45, 2.75) is 22.6 Å². The molecule has 0 bridgehead atoms. The molecule has 2 aromatic rings. The van der Waals surface area contributed by atoms with Crippen LogP contribution in [0.2, 0.25) is 0 Å². The number of hydrogen-bond acceptors (Lipinski definition) is 5. The van der Waals surface area contributed by atoms with E-state index in [9.17, 15) is 18.0 Å². The molecule has 0 saturated carbocycles. The summed E-state index contributed by atoms with van der Waals surface area (Å²) in [6, 6.07) is 9.90. The molecule has 9 heteroatoms. The fraction of sp³-hybridized carbons (Fsp3) is 0.263. The summed E-state index contributed by atoms with van der Waals surface area (Å²) >= 11 is 1.39. The summed E-state index contributed by atoms with van der Waals surface area (Å²) in [5.74, 6) is -1.25. The highest BCUT2D eigenvalue weighted by atomic mass is 32.2. The second-order valence-electron chi connectivity index (χ2n) is 6.35. The Morgan fingerprint density at radius 1 is 1.07 bits per heavy atom. The number of likely N-dealkylation sites (tertiary alicyclic amines) is 1. The van der Waals surface area contributed by atoms with Gasteiger partial charge in [0, 0.05) is 23.7 Å². The Hall–Kier alpha value is -2.52. The van der Waals surface area contributed by atoms with Gasteiger partial charge in [0.1, 0.15) is 0 Å². The molecule has 0 unspecified atom stereocenters. The van der Waals surface area contributed by atoms with Crippen LogP contribution >= 0.6 is 11.8 Å². The summed E-state index contributed by atoms with van der Waals surface area (Å²) in [5, 5.41) is 8.93. The quantitative estimate of drug-likeness (QED) is 0.696. The molecule has 0 radical (unpaired) electrons. The Kier molecular flexibility index (Phi) is 5.95. The van der Waals surface area contributed by atoms with Crippen LogP contribution in [0.15, 0.2) is 52.3 Å². The maximum absolute atomic E-state index is 12.8. The number of hydrogen-bond donors (Lipinski definition) is 2. The number of nitrogens with zero attached hydrogens (tertiary/aromatic N) is 1. The number of carbonyl (C=O) groups is 2. The minimum atomic E-state index is -3.93. The fourth-order valence-electron chi connectivity index (χ4n) is 3.01. The zero-order chi connectivity index (χ0) is 20.3. The number of sulfonamides is 1. The minimum absolute atomic E-state index is 0.0184. The summed E-state index contributed by atoms with van der Waals surface area (Å²) in [5.41, 5.74) is 0.677. The van der Waals surface area contributed by atoms with E-state index in [2.05, 4.69) is 4.72 Å². The molecule has 0 spiro atoms. The molecule has 148 valence electrons. The number of carbonyl (C=O) groups excluding carboxylic acids is 1. The Bertz CT molecular complexity index is 997. The van der Waals surface area contributed by atoms with Gasteiger partial charge in [-0.1, -0.05) is 0 Å². The maximum atomic E-state index is 12.8. The molecule has 2 aromatic carbocycles. The summed E-state index contributed by atoms with van der Waals surface area (Å²) in [6.07, 6.45) is 3.74. The average Bonchev–Trinajstić information content (AvgIpc) is 3.21. The molecule has 0 atom stereocenters. The van der Waals surface area contributed by atoms with Gasteiger partial charge in [-0.2, -0.15) is 0 Å². The molecule has 1 aliphatic rings. The topological polar surface area (TPSA) is 104 Å². The highest BCUT2D eigenvalue weighted by Crippen LogP contribution is 2.27. The summed E-state index contributed by atoms with van der Waals surface area (Å²) in [7, 11) is -3.93. The van der Waals surface area contributed by atoms with Gasteiger partial charge in [-0.05, 0) is 61.6 Å². The van der Waals surface area contributed by atoms with Crippen LogP contribution in [-0.2, 0) is 10.0 Å². The van der Waals surface area contributed by atoms with Gasteiger partial charge >= 0.3 is 5.97 Å². The summed E-state index contributed by atoms with van der Waals surface area (Å²) in [6.45, 7) is 1.36. The second-order valence-corrected chi connectivity index (χ2v) is 8.88. The Morgan fingerprint density at radius 3 is 2.29 bits per heavy atom. The van der Waals surface area contributed by atoms with Crippen molar-refractivity contribution in [1.82, 2.24) is 4.90 Å². The molecule has 1 aliphatic heterocycles. The highest BCUT2D eigenvalue weighted by Gasteiger charge is 2.24. The summed E-state index contributed by atoms with van der Waals surface area (Å²) in [4.78, 5) is 26.2. The van der Waals surface area contributed by atoms with E-state index in [0.29, 0.717) is 18.7 Å². The van der Waals surface area contributed by atoms with Crippen LogP contribution in [0.25, 0.3) is 0 Å². The van der Waals surface area contributed by atoms with Crippen molar-refractivity contribution in [1.29, 1.82) is 0 Å². The smallest absolute Gasteiger partial charge is 0.335 e. The number of carboxylic acid groups (broad SMARTS) is 1. The van der Waals surface area contributed by atoms with Crippen molar-refractivity contribution in [2.24, 2.45) is 0 Å². The lowest BCUT2D eigenvalue weighted by molar-refractivity contribution is 0.0696. The third-order valence-corrected chi connectivity index (χ3v) is 6.66. The standard InChI is InChI=1S/C19H20N2O5S2/c1-27-17-9-8-15(12-16(17)18(22)21-10-2-3-11-21)28(25,26)20-14-6-4-13(5-7-14)19(23)24/h4-9,12,20H,2-3,10-11H2,1H3,(H,23,24). The van der Waals surface area contributed by atoms with Crippen molar-refractivity contribution < 1.29 is 23.1 Å². The lowest BCUT2D eigenvalue weighted by atomic mass is 10.2. The molecule has 0 aromatic heterocycles. The van der Waals surface area contributed by atoms with Gasteiger partial charge in [-0.3, -0.25) is 9.52 Å². The summed E-state index contributed by atoms with van der Waals surface area (Å²) < 4.78 is 27.9. The SMILES string of the molecule is CSc1ccc(S(=O)(=O)Nc2ccc(C(=O)O)cc2)cc1C(=O)N1CCCC1. The van der Waals surface area contributed by atoms with Crippen LogP contribution in [0, 0.1) is 0 Å². The predicted octanol–water partition coefficient (Wildman–Crippen LogP) is 3.14. The number of nitrogens with one attached hydrogen (secondary N) is 1. The van der Waals surface area contributed by atoms with E-state index in [0.717, 1.165) is 17.7 Å². The van der Waals surface area contributed by atoms with Gasteiger partial charge in [0.15, 0.2) is 0 Å². The largest absolute Gasteiger partial charge is 0.478 e. The van der Waals surface area contributed by atoms with Crippen LogP contribution in [-0.4, -0.2) is 49.6 Å². The van der Waals surface area contributed by atoms with Crippen LogP contribution in [0.5, 0.6) is 0 Å². The first-order valence-corrected chi connectivity index (χ1v) is 11.4. The van der Waals surface area contributed by atoms with Crippen molar-refractivity contribution >= 4 is 39.3 Å². The molecule has 7 nitrogen and oxygen atoms in total. The molecular weight excluding hydrogens is 400 g/mol. The van der Waals surface area contributed by atoms with Crippen molar-refractivity contribution in [2.75, 3.05) is 24.1 Å². The van der Waals surface area contributed by atoms with Crippen LogP contribution in [0.4, 0.5) is 5.69 Å². The van der Waals surface area contributed by atoms with Gasteiger partial charge in [-0.25, -0.2) is 13.2 Å². The number of thioether (sulfide) groups is 1. The number of benzene rings is 2. The van der Waals surface area contributed by atoms with E-state index < -0.39 is 16.0 Å². The molecule has 1 heterocycles. The third kappa shape index (κ3) is 4.31. The van der Waals surface area contributed by atoms with Gasteiger partial charge < -0.3 is 10.0 Å². The van der Waals surface area contributed by atoms with Gasteiger partial charge in [0.05, 0.1) is 16.0 Å². The zero-order valence-electron chi connectivity index (χ0n) is 15.2. The normalized spacial score (nSPS) is 14.1. The Morgan fingerprint density at radius 2 is 1.71 bits per heavy atom. The maximum Gasteiger partial charge on any atom is 0.335 e. The fourth-order valence-corrected chi connectivity index (χ4v) is 4.66. The van der Waals surface area contributed by atoms with Gasteiger partial charge in [-0.15, -0.1) is 11.8 Å². The molecular formula is C19H20N2O5S2. The van der Waals surface area contributed by atoms with Crippen LogP contribution in [0.3, 0.4) is 0 Å². The van der Waals surface area contributed by atoms with E-state index in [1.165, 1.54) is 48.2 Å². The number of amides is 1. The third-order valence-electron chi connectivity index (χ3n) is 4.49. The lowest BCUT2D eigenvalue weighted by Gasteiger charge is -2.18. The number of aromatic carboxylic acids is 1. The lowest BCUT2D eigenvalue weighted by Crippen LogP contribution is -2.28. The molecule has 0 aliphatic carbocycles. The van der Waals surface area contributed by atoms with E-state index >= 15 is 0 Å². The van der Waals surface area contributed by atoms with Gasteiger partial charge in [0.2, 0.25) is 0 Å². The van der Waals surface area contributed by atoms with E-state index in [-0.39, 0.29) is 22.1 Å². The molecule has 1 fully saturated rings. The monoisotopic (exact) mass is 420 g/mol. The minimum Gasteiger partial charge on any atom is -0.478 e. The average molecular weight is 421 g/mol. The van der Waals surface area contributed by atoms with Crippen LogP contribution in [0.1, 0.15) is 33.6 Å². The van der Waals surface area contributed by atoms with E-state index in [4.69, 9.17) is 5.11 Å². The van der Waals surface area contributed by atoms with Crippen molar-refractivity contribution in [3.8, 4) is 0 Å². The molecule has 1 saturated heterocycles. The Balaban J connectivity index is 1.89. The first-order valence-electron chi connectivity index (χ1n) is 8.65. The number of rotatable bonds is 6. The van der Waals surface area contributed by atoms with Crippen molar-refractivity contribution in [3.63, 3.8) is 0 Å². The first kappa shape index (κ1) is 20.2. The molecule has 3 rings (SSSR count). The molecule has 2 N–H and O–H groups in total. The van der Waals surface area contributed by atoms with Crippen LogP contribution < -0.4 is 4.72 Å².